The second-order valence-corrected chi connectivity index (χ2v) is 8.25. The first-order valence-electron chi connectivity index (χ1n) is 11.0. The van der Waals surface area contributed by atoms with Gasteiger partial charge in [0.15, 0.2) is 11.5 Å². The normalized spacial score (nSPS) is 15.6. The van der Waals surface area contributed by atoms with Gasteiger partial charge in [-0.15, -0.1) is 0 Å². The van der Waals surface area contributed by atoms with Crippen LogP contribution in [0.1, 0.15) is 35.2 Å². The molecule has 1 fully saturated rings. The fourth-order valence-corrected chi connectivity index (χ4v) is 4.52. The van der Waals surface area contributed by atoms with E-state index in [9.17, 15) is 4.79 Å². The Morgan fingerprint density at radius 3 is 2.72 bits per heavy atom. The summed E-state index contributed by atoms with van der Waals surface area (Å²) in [6.07, 6.45) is 11.1. The molecule has 2 aliphatic heterocycles. The van der Waals surface area contributed by atoms with E-state index in [-0.39, 0.29) is 5.91 Å². The van der Waals surface area contributed by atoms with E-state index >= 15 is 0 Å². The van der Waals surface area contributed by atoms with Crippen molar-refractivity contribution >= 4 is 28.9 Å². The fourth-order valence-electron chi connectivity index (χ4n) is 4.52. The lowest BCUT2D eigenvalue weighted by atomic mass is 10.0. The fraction of sp³-hybridized carbons (Fsp3) is 0.250. The SMILES string of the molecule is O=C1NCc2cc(-c3cnc(Nc4ccc(N5CCCCC5)nc4)c4nccn34)ccc21. The van der Waals surface area contributed by atoms with Crippen LogP contribution in [0.5, 0.6) is 0 Å². The van der Waals surface area contributed by atoms with Gasteiger partial charge < -0.3 is 15.5 Å². The first-order chi connectivity index (χ1) is 15.8. The number of rotatable bonds is 4. The highest BCUT2D eigenvalue weighted by atomic mass is 16.1. The molecule has 2 N–H and O–H groups in total. The highest BCUT2D eigenvalue weighted by Crippen LogP contribution is 2.28. The topological polar surface area (TPSA) is 87.5 Å². The van der Waals surface area contributed by atoms with Gasteiger partial charge in [0.05, 0.1) is 23.8 Å². The molecule has 5 heterocycles. The third-order valence-electron chi connectivity index (χ3n) is 6.20. The minimum Gasteiger partial charge on any atom is -0.357 e. The van der Waals surface area contributed by atoms with Crippen LogP contribution in [0.3, 0.4) is 0 Å². The molecule has 8 nitrogen and oxygen atoms in total. The molecule has 0 spiro atoms. The summed E-state index contributed by atoms with van der Waals surface area (Å²) in [5.41, 5.74) is 5.26. The lowest BCUT2D eigenvalue weighted by molar-refractivity contribution is 0.0966. The van der Waals surface area contributed by atoms with Crippen molar-refractivity contribution in [3.05, 3.63) is 66.2 Å². The van der Waals surface area contributed by atoms with Gasteiger partial charge in [-0.2, -0.15) is 0 Å². The molecular weight excluding hydrogens is 402 g/mol. The maximum atomic E-state index is 11.9. The van der Waals surface area contributed by atoms with E-state index in [0.29, 0.717) is 12.4 Å². The van der Waals surface area contributed by atoms with Crippen molar-refractivity contribution in [3.8, 4) is 11.3 Å². The molecule has 32 heavy (non-hydrogen) atoms. The number of nitrogens with zero attached hydrogens (tertiary/aromatic N) is 5. The largest absolute Gasteiger partial charge is 0.357 e. The Kier molecular flexibility index (Phi) is 4.49. The number of anilines is 3. The zero-order valence-electron chi connectivity index (χ0n) is 17.6. The average molecular weight is 425 g/mol. The van der Waals surface area contributed by atoms with Gasteiger partial charge in [0, 0.05) is 43.2 Å². The van der Waals surface area contributed by atoms with Gasteiger partial charge in [-0.3, -0.25) is 9.20 Å². The zero-order chi connectivity index (χ0) is 21.5. The van der Waals surface area contributed by atoms with E-state index in [2.05, 4.69) is 36.6 Å². The minimum atomic E-state index is -0.0167. The molecule has 2 aliphatic rings. The van der Waals surface area contributed by atoms with E-state index in [1.165, 1.54) is 19.3 Å². The van der Waals surface area contributed by atoms with Crippen LogP contribution in [0, 0.1) is 0 Å². The van der Waals surface area contributed by atoms with Crippen molar-refractivity contribution in [1.82, 2.24) is 24.7 Å². The summed E-state index contributed by atoms with van der Waals surface area (Å²) < 4.78 is 2.01. The predicted molar refractivity (Wildman–Crippen MR) is 123 cm³/mol. The molecule has 0 saturated carbocycles. The first kappa shape index (κ1) is 18.8. The molecule has 0 unspecified atom stereocenters. The highest BCUT2D eigenvalue weighted by molar-refractivity contribution is 5.98. The van der Waals surface area contributed by atoms with Gasteiger partial charge in [-0.25, -0.2) is 15.0 Å². The molecule has 3 aromatic heterocycles. The van der Waals surface area contributed by atoms with E-state index in [1.54, 1.807) is 6.20 Å². The van der Waals surface area contributed by atoms with Crippen LogP contribution < -0.4 is 15.5 Å². The van der Waals surface area contributed by atoms with Crippen molar-refractivity contribution in [3.63, 3.8) is 0 Å². The summed E-state index contributed by atoms with van der Waals surface area (Å²) in [5.74, 6) is 1.68. The Hall–Kier alpha value is -3.94. The van der Waals surface area contributed by atoms with Crippen LogP contribution in [0.25, 0.3) is 16.9 Å². The molecule has 1 amide bonds. The molecule has 1 saturated heterocycles. The number of aromatic nitrogens is 4. The Morgan fingerprint density at radius 1 is 0.969 bits per heavy atom. The van der Waals surface area contributed by atoms with Crippen LogP contribution in [0.15, 0.2) is 55.1 Å². The third kappa shape index (κ3) is 3.24. The summed E-state index contributed by atoms with van der Waals surface area (Å²) >= 11 is 0. The van der Waals surface area contributed by atoms with Gasteiger partial charge in [-0.05, 0) is 49.1 Å². The van der Waals surface area contributed by atoms with E-state index in [4.69, 9.17) is 0 Å². The van der Waals surface area contributed by atoms with Crippen molar-refractivity contribution in [2.75, 3.05) is 23.3 Å². The van der Waals surface area contributed by atoms with Crippen LogP contribution in [0.2, 0.25) is 0 Å². The van der Waals surface area contributed by atoms with Gasteiger partial charge in [0.2, 0.25) is 0 Å². The molecule has 160 valence electrons. The summed E-state index contributed by atoms with van der Waals surface area (Å²) in [6.45, 7) is 2.71. The molecule has 4 aromatic rings. The van der Waals surface area contributed by atoms with Gasteiger partial charge >= 0.3 is 0 Å². The van der Waals surface area contributed by atoms with E-state index < -0.39 is 0 Å². The maximum Gasteiger partial charge on any atom is 0.251 e. The summed E-state index contributed by atoms with van der Waals surface area (Å²) in [4.78, 5) is 28.0. The number of fused-ring (bicyclic) bond motifs is 2. The number of imidazole rings is 1. The number of benzene rings is 1. The lowest BCUT2D eigenvalue weighted by Crippen LogP contribution is -2.29. The summed E-state index contributed by atoms with van der Waals surface area (Å²) in [7, 11) is 0. The molecule has 0 bridgehead atoms. The zero-order valence-corrected chi connectivity index (χ0v) is 17.6. The average Bonchev–Trinajstić information content (AvgIpc) is 3.48. The van der Waals surface area contributed by atoms with Gasteiger partial charge in [-0.1, -0.05) is 6.07 Å². The first-order valence-corrected chi connectivity index (χ1v) is 11.0. The quantitative estimate of drug-likeness (QED) is 0.518. The Bertz CT molecular complexity index is 1310. The Morgan fingerprint density at radius 2 is 1.88 bits per heavy atom. The highest BCUT2D eigenvalue weighted by Gasteiger charge is 2.20. The number of hydrogen-bond donors (Lipinski definition) is 2. The monoisotopic (exact) mass is 425 g/mol. The van der Waals surface area contributed by atoms with Crippen molar-refractivity contribution < 1.29 is 4.79 Å². The number of carbonyl (C=O) groups excluding carboxylic acids is 1. The molecular formula is C24H23N7O. The Balaban J connectivity index is 1.29. The molecule has 8 heteroatoms. The molecule has 0 atom stereocenters. The van der Waals surface area contributed by atoms with Crippen molar-refractivity contribution in [2.24, 2.45) is 0 Å². The Labute approximate surface area is 185 Å². The standard InChI is InChI=1S/C24H23N7O/c32-24-19-6-4-16(12-17(19)13-28-24)20-15-27-22(23-25-8-11-31(20)23)29-18-5-7-21(26-14-18)30-9-2-1-3-10-30/h4-8,11-12,14-15H,1-3,9-10,13H2,(H,27,29)(H,28,32). The predicted octanol–water partition coefficient (Wildman–Crippen LogP) is 3.77. The second-order valence-electron chi connectivity index (χ2n) is 8.25. The van der Waals surface area contributed by atoms with E-state index in [1.807, 2.05) is 47.3 Å². The van der Waals surface area contributed by atoms with Crippen LogP contribution >= 0.6 is 0 Å². The smallest absolute Gasteiger partial charge is 0.251 e. The number of carbonyl (C=O) groups is 1. The van der Waals surface area contributed by atoms with Gasteiger partial charge in [0.1, 0.15) is 5.82 Å². The van der Waals surface area contributed by atoms with Gasteiger partial charge in [0.25, 0.3) is 5.91 Å². The third-order valence-corrected chi connectivity index (χ3v) is 6.20. The maximum absolute atomic E-state index is 11.9. The van der Waals surface area contributed by atoms with Crippen molar-refractivity contribution in [2.45, 2.75) is 25.8 Å². The number of nitrogens with one attached hydrogen (secondary N) is 2. The minimum absolute atomic E-state index is 0.0167. The second kappa shape index (κ2) is 7.64. The van der Waals surface area contributed by atoms with Crippen LogP contribution in [0.4, 0.5) is 17.3 Å². The van der Waals surface area contributed by atoms with Crippen molar-refractivity contribution in [1.29, 1.82) is 0 Å². The number of piperidine rings is 1. The number of amides is 1. The molecule has 0 aliphatic carbocycles. The van der Waals surface area contributed by atoms with Crippen LogP contribution in [-0.4, -0.2) is 38.3 Å². The van der Waals surface area contributed by atoms with Crippen LogP contribution in [-0.2, 0) is 6.54 Å². The summed E-state index contributed by atoms with van der Waals surface area (Å²) in [5, 5.41) is 6.22. The molecule has 1 aromatic carbocycles. The molecule has 6 rings (SSSR count). The number of pyridine rings is 1. The number of hydrogen-bond acceptors (Lipinski definition) is 6. The molecule has 0 radical (unpaired) electrons. The van der Waals surface area contributed by atoms with E-state index in [0.717, 1.165) is 52.6 Å². The lowest BCUT2D eigenvalue weighted by Gasteiger charge is -2.27. The summed E-state index contributed by atoms with van der Waals surface area (Å²) in [6, 6.07) is 9.97.